The van der Waals surface area contributed by atoms with Crippen molar-refractivity contribution < 1.29 is 18.7 Å². The van der Waals surface area contributed by atoms with Crippen LogP contribution in [0.4, 0.5) is 15.8 Å². The highest BCUT2D eigenvalue weighted by molar-refractivity contribution is 5.99. The first-order valence-corrected chi connectivity index (χ1v) is 7.89. The highest BCUT2D eigenvalue weighted by Gasteiger charge is 2.21. The van der Waals surface area contributed by atoms with Crippen LogP contribution in [0.5, 0.6) is 0 Å². The zero-order valence-corrected chi connectivity index (χ0v) is 14.2. The Morgan fingerprint density at radius 3 is 2.65 bits per heavy atom. The van der Waals surface area contributed by atoms with E-state index in [0.717, 1.165) is 4.90 Å². The molecule has 0 aliphatic carbocycles. The van der Waals surface area contributed by atoms with Crippen LogP contribution in [0.15, 0.2) is 42.5 Å². The van der Waals surface area contributed by atoms with Crippen molar-refractivity contribution in [2.75, 3.05) is 23.8 Å². The first-order chi connectivity index (χ1) is 12.5. The summed E-state index contributed by atoms with van der Waals surface area (Å²) in [7, 11) is 0. The van der Waals surface area contributed by atoms with Crippen LogP contribution in [0.3, 0.4) is 0 Å². The molecule has 2 aromatic carbocycles. The van der Waals surface area contributed by atoms with Gasteiger partial charge in [-0.25, -0.2) is 9.18 Å². The number of nitriles is 1. The molecule has 0 aromatic heterocycles. The molecule has 0 fully saturated rings. The summed E-state index contributed by atoms with van der Waals surface area (Å²) in [6.07, 6.45) is 0.0127. The molecule has 0 heterocycles. The Hall–Kier alpha value is -3.40. The number of esters is 1. The number of hydrogen-bond acceptors (Lipinski definition) is 5. The Morgan fingerprint density at radius 1 is 1.23 bits per heavy atom. The van der Waals surface area contributed by atoms with E-state index < -0.39 is 24.3 Å². The summed E-state index contributed by atoms with van der Waals surface area (Å²) in [6.45, 7) is 1.14. The normalized spacial score (nSPS) is 10.0. The molecule has 7 heteroatoms. The smallest absolute Gasteiger partial charge is 0.340 e. The molecule has 0 saturated carbocycles. The number of para-hydroxylation sites is 2. The standard InChI is InChI=1S/C19H18FN3O3/c1-13-6-4-7-14(18(13)22)19(25)26-12-17(24)23(11-5-10-21)16-9-3-2-8-15(16)20/h2-4,6-9H,5,11-12,22H2,1H3. The number of rotatable bonds is 6. The van der Waals surface area contributed by atoms with Crippen LogP contribution < -0.4 is 10.6 Å². The summed E-state index contributed by atoms with van der Waals surface area (Å²) in [6, 6.07) is 12.5. The average Bonchev–Trinajstić information content (AvgIpc) is 2.63. The molecule has 1 amide bonds. The second-order valence-electron chi connectivity index (χ2n) is 5.52. The van der Waals surface area contributed by atoms with Crippen LogP contribution in [0.1, 0.15) is 22.3 Å². The third kappa shape index (κ3) is 4.36. The molecule has 0 radical (unpaired) electrons. The summed E-state index contributed by atoms with van der Waals surface area (Å²) in [5.41, 5.74) is 7.02. The average molecular weight is 355 g/mol. The minimum atomic E-state index is -0.742. The summed E-state index contributed by atoms with van der Waals surface area (Å²) >= 11 is 0. The van der Waals surface area contributed by atoms with Gasteiger partial charge in [0.25, 0.3) is 5.91 Å². The van der Waals surface area contributed by atoms with Gasteiger partial charge in [0.2, 0.25) is 0 Å². The highest BCUT2D eigenvalue weighted by atomic mass is 19.1. The fraction of sp³-hybridized carbons (Fsp3) is 0.211. The zero-order chi connectivity index (χ0) is 19.1. The molecule has 0 atom stereocenters. The van der Waals surface area contributed by atoms with Crippen LogP contribution in [0, 0.1) is 24.1 Å². The van der Waals surface area contributed by atoms with Crippen LogP contribution in [-0.2, 0) is 9.53 Å². The van der Waals surface area contributed by atoms with E-state index in [1.807, 2.05) is 6.07 Å². The van der Waals surface area contributed by atoms with Crippen molar-refractivity contribution in [3.05, 3.63) is 59.4 Å². The molecule has 0 unspecified atom stereocenters. The van der Waals surface area contributed by atoms with Gasteiger partial charge in [-0.05, 0) is 30.7 Å². The van der Waals surface area contributed by atoms with Gasteiger partial charge in [-0.15, -0.1) is 0 Å². The lowest BCUT2D eigenvalue weighted by atomic mass is 10.1. The van der Waals surface area contributed by atoms with Crippen molar-refractivity contribution in [1.82, 2.24) is 0 Å². The van der Waals surface area contributed by atoms with Crippen molar-refractivity contribution in [2.24, 2.45) is 0 Å². The zero-order valence-electron chi connectivity index (χ0n) is 14.2. The highest BCUT2D eigenvalue weighted by Crippen LogP contribution is 2.20. The Balaban J connectivity index is 2.12. The van der Waals surface area contributed by atoms with E-state index in [4.69, 9.17) is 15.7 Å². The number of ether oxygens (including phenoxy) is 1. The van der Waals surface area contributed by atoms with Gasteiger partial charge in [0, 0.05) is 12.2 Å². The largest absolute Gasteiger partial charge is 0.452 e. The van der Waals surface area contributed by atoms with Gasteiger partial charge in [-0.1, -0.05) is 24.3 Å². The van der Waals surface area contributed by atoms with Crippen LogP contribution in [-0.4, -0.2) is 25.0 Å². The first kappa shape index (κ1) is 18.9. The fourth-order valence-corrected chi connectivity index (χ4v) is 2.35. The number of carbonyl (C=O) groups is 2. The van der Waals surface area contributed by atoms with E-state index in [-0.39, 0.29) is 29.9 Å². The molecule has 26 heavy (non-hydrogen) atoms. The molecule has 0 aliphatic heterocycles. The molecule has 0 saturated heterocycles. The van der Waals surface area contributed by atoms with E-state index in [2.05, 4.69) is 0 Å². The third-order valence-corrected chi connectivity index (χ3v) is 3.76. The lowest BCUT2D eigenvalue weighted by molar-refractivity contribution is -0.121. The monoisotopic (exact) mass is 355 g/mol. The number of nitrogen functional groups attached to an aromatic ring is 1. The second-order valence-corrected chi connectivity index (χ2v) is 5.52. The summed E-state index contributed by atoms with van der Waals surface area (Å²) in [5.74, 6) is -1.98. The van der Waals surface area contributed by atoms with Gasteiger partial charge in [-0.2, -0.15) is 5.26 Å². The van der Waals surface area contributed by atoms with Crippen LogP contribution >= 0.6 is 0 Å². The molecule has 6 nitrogen and oxygen atoms in total. The summed E-state index contributed by atoms with van der Waals surface area (Å²) < 4.78 is 19.0. The number of nitrogens with two attached hydrogens (primary N) is 1. The lowest BCUT2D eigenvalue weighted by Gasteiger charge is -2.22. The molecule has 2 rings (SSSR count). The molecule has 2 N–H and O–H groups in total. The predicted octanol–water partition coefficient (Wildman–Crippen LogP) is 2.82. The van der Waals surface area contributed by atoms with E-state index in [1.54, 1.807) is 25.1 Å². The predicted molar refractivity (Wildman–Crippen MR) is 94.9 cm³/mol. The van der Waals surface area contributed by atoms with Gasteiger partial charge in [0.05, 0.1) is 23.7 Å². The van der Waals surface area contributed by atoms with E-state index in [1.165, 1.54) is 24.3 Å². The quantitative estimate of drug-likeness (QED) is 0.635. The molecule has 0 bridgehead atoms. The van der Waals surface area contributed by atoms with Crippen molar-refractivity contribution in [3.8, 4) is 6.07 Å². The minimum absolute atomic E-state index is 0.0127. The Bertz CT molecular complexity index is 861. The maximum Gasteiger partial charge on any atom is 0.340 e. The number of benzene rings is 2. The number of halogens is 1. The van der Waals surface area contributed by atoms with E-state index >= 15 is 0 Å². The molecule has 0 spiro atoms. The number of nitrogens with zero attached hydrogens (tertiary/aromatic N) is 2. The lowest BCUT2D eigenvalue weighted by Crippen LogP contribution is -2.36. The Kier molecular flexibility index (Phi) is 6.28. The third-order valence-electron chi connectivity index (χ3n) is 3.76. The summed E-state index contributed by atoms with van der Waals surface area (Å²) in [4.78, 5) is 25.7. The van der Waals surface area contributed by atoms with E-state index in [0.29, 0.717) is 5.56 Å². The van der Waals surface area contributed by atoms with Gasteiger partial charge in [-0.3, -0.25) is 4.79 Å². The van der Waals surface area contributed by atoms with Crippen molar-refractivity contribution in [2.45, 2.75) is 13.3 Å². The van der Waals surface area contributed by atoms with Gasteiger partial charge >= 0.3 is 5.97 Å². The fourth-order valence-electron chi connectivity index (χ4n) is 2.35. The van der Waals surface area contributed by atoms with Gasteiger partial charge in [0.1, 0.15) is 5.82 Å². The molecule has 134 valence electrons. The first-order valence-electron chi connectivity index (χ1n) is 7.89. The maximum absolute atomic E-state index is 14.0. The van der Waals surface area contributed by atoms with Crippen molar-refractivity contribution >= 4 is 23.3 Å². The number of amides is 1. The summed E-state index contributed by atoms with van der Waals surface area (Å²) in [5, 5.41) is 8.76. The van der Waals surface area contributed by atoms with Gasteiger partial charge in [0.15, 0.2) is 6.61 Å². The van der Waals surface area contributed by atoms with Gasteiger partial charge < -0.3 is 15.4 Å². The number of hydrogen-bond donors (Lipinski definition) is 1. The second kappa shape index (κ2) is 8.62. The SMILES string of the molecule is Cc1cccc(C(=O)OCC(=O)N(CCC#N)c2ccccc2F)c1N. The molecular formula is C19H18FN3O3. The molecular weight excluding hydrogens is 337 g/mol. The Morgan fingerprint density at radius 2 is 1.96 bits per heavy atom. The van der Waals surface area contributed by atoms with Crippen molar-refractivity contribution in [3.63, 3.8) is 0 Å². The van der Waals surface area contributed by atoms with Crippen LogP contribution in [0.25, 0.3) is 0 Å². The van der Waals surface area contributed by atoms with E-state index in [9.17, 15) is 14.0 Å². The molecule has 0 aliphatic rings. The van der Waals surface area contributed by atoms with Crippen LogP contribution in [0.2, 0.25) is 0 Å². The number of anilines is 2. The number of aryl methyl sites for hydroxylation is 1. The Labute approximate surface area is 150 Å². The molecule has 2 aromatic rings. The van der Waals surface area contributed by atoms with Crippen molar-refractivity contribution in [1.29, 1.82) is 5.26 Å². The number of carbonyl (C=O) groups excluding carboxylic acids is 2. The topological polar surface area (TPSA) is 96.4 Å². The minimum Gasteiger partial charge on any atom is -0.452 e. The maximum atomic E-state index is 14.0.